The third-order valence-corrected chi connectivity index (χ3v) is 4.23. The Labute approximate surface area is 114 Å². The Bertz CT molecular complexity index is 688. The summed E-state index contributed by atoms with van der Waals surface area (Å²) in [4.78, 5) is 12.2. The summed E-state index contributed by atoms with van der Waals surface area (Å²) < 4.78 is 5.47. The lowest BCUT2D eigenvalue weighted by atomic mass is 10.3. The van der Waals surface area contributed by atoms with Gasteiger partial charge in [-0.1, -0.05) is 0 Å². The second kappa shape index (κ2) is 4.35. The number of aromatic nitrogens is 2. The Kier molecular flexibility index (Phi) is 2.51. The van der Waals surface area contributed by atoms with Gasteiger partial charge in [-0.25, -0.2) is 9.97 Å². The molecule has 0 amide bonds. The number of anilines is 1. The van der Waals surface area contributed by atoms with Crippen LogP contribution in [0.4, 0.5) is 5.82 Å². The third kappa shape index (κ3) is 2.00. The molecular weight excluding hydrogens is 258 g/mol. The van der Waals surface area contributed by atoms with E-state index in [-0.39, 0.29) is 0 Å². The summed E-state index contributed by atoms with van der Waals surface area (Å²) in [7, 11) is 0. The summed E-state index contributed by atoms with van der Waals surface area (Å²) in [6.45, 7) is 0.777. The maximum atomic E-state index is 5.47. The Morgan fingerprint density at radius 3 is 3.05 bits per heavy atom. The van der Waals surface area contributed by atoms with Crippen LogP contribution in [0.15, 0.2) is 40.6 Å². The Balaban J connectivity index is 1.76. The quantitative estimate of drug-likeness (QED) is 0.729. The summed E-state index contributed by atoms with van der Waals surface area (Å²) in [6, 6.07) is 6.64. The smallest absolute Gasteiger partial charge is 0.141 e. The highest BCUT2D eigenvalue weighted by atomic mass is 32.1. The number of thiophene rings is 1. The molecule has 0 saturated heterocycles. The minimum atomic E-state index is 0.586. The summed E-state index contributed by atoms with van der Waals surface area (Å²) in [5.74, 6) is 2.01. The topological polar surface area (TPSA) is 42.2 Å². The van der Waals surface area contributed by atoms with Crippen LogP contribution in [0.1, 0.15) is 18.6 Å². The van der Waals surface area contributed by atoms with Gasteiger partial charge in [-0.05, 0) is 36.4 Å². The fourth-order valence-electron chi connectivity index (χ4n) is 2.34. The molecule has 1 fully saturated rings. The van der Waals surface area contributed by atoms with Crippen molar-refractivity contribution in [1.29, 1.82) is 0 Å². The molecule has 3 aromatic rings. The first-order valence-corrected chi connectivity index (χ1v) is 7.27. The van der Waals surface area contributed by atoms with Crippen molar-refractivity contribution in [3.8, 4) is 0 Å². The van der Waals surface area contributed by atoms with Crippen LogP contribution in [-0.4, -0.2) is 16.0 Å². The van der Waals surface area contributed by atoms with Gasteiger partial charge in [0, 0.05) is 6.04 Å². The largest absolute Gasteiger partial charge is 0.467 e. The maximum absolute atomic E-state index is 5.47. The van der Waals surface area contributed by atoms with Crippen molar-refractivity contribution in [2.24, 2.45) is 0 Å². The lowest BCUT2D eigenvalue weighted by Gasteiger charge is -2.22. The Morgan fingerprint density at radius 1 is 1.32 bits per heavy atom. The molecule has 19 heavy (non-hydrogen) atoms. The second-order valence-corrected chi connectivity index (χ2v) is 5.67. The zero-order chi connectivity index (χ0) is 12.7. The van der Waals surface area contributed by atoms with E-state index in [1.807, 2.05) is 12.1 Å². The van der Waals surface area contributed by atoms with E-state index < -0.39 is 0 Å². The third-order valence-electron chi connectivity index (χ3n) is 3.41. The minimum Gasteiger partial charge on any atom is -0.467 e. The number of rotatable bonds is 4. The highest BCUT2D eigenvalue weighted by molar-refractivity contribution is 7.16. The van der Waals surface area contributed by atoms with Crippen molar-refractivity contribution in [1.82, 2.24) is 9.97 Å². The number of fused-ring (bicyclic) bond motifs is 1. The van der Waals surface area contributed by atoms with Crippen LogP contribution in [0, 0.1) is 0 Å². The predicted octanol–water partition coefficient (Wildman–Crippen LogP) is 3.45. The lowest BCUT2D eigenvalue weighted by molar-refractivity contribution is 0.500. The summed E-state index contributed by atoms with van der Waals surface area (Å²) in [5.41, 5.74) is 0. The number of furan rings is 1. The summed E-state index contributed by atoms with van der Waals surface area (Å²) in [6.07, 6.45) is 5.85. The zero-order valence-electron chi connectivity index (χ0n) is 10.3. The zero-order valence-corrected chi connectivity index (χ0v) is 11.1. The van der Waals surface area contributed by atoms with Crippen molar-refractivity contribution in [3.05, 3.63) is 41.9 Å². The van der Waals surface area contributed by atoms with Gasteiger partial charge in [0.15, 0.2) is 0 Å². The molecule has 5 heteroatoms. The Hall–Kier alpha value is -1.88. The number of nitrogens with zero attached hydrogens (tertiary/aromatic N) is 3. The van der Waals surface area contributed by atoms with Gasteiger partial charge in [-0.15, -0.1) is 11.3 Å². The molecule has 0 aromatic carbocycles. The van der Waals surface area contributed by atoms with Gasteiger partial charge < -0.3 is 9.32 Å². The Morgan fingerprint density at radius 2 is 2.26 bits per heavy atom. The molecule has 1 aliphatic rings. The molecular formula is C14H13N3OS. The number of hydrogen-bond acceptors (Lipinski definition) is 5. The van der Waals surface area contributed by atoms with Crippen LogP contribution in [0.5, 0.6) is 0 Å². The van der Waals surface area contributed by atoms with Gasteiger partial charge in [-0.3, -0.25) is 0 Å². The first kappa shape index (κ1) is 11.0. The number of hydrogen-bond donors (Lipinski definition) is 0. The van der Waals surface area contributed by atoms with Gasteiger partial charge in [0.25, 0.3) is 0 Å². The van der Waals surface area contributed by atoms with Crippen LogP contribution in [0.25, 0.3) is 10.2 Å². The van der Waals surface area contributed by atoms with Crippen LogP contribution in [-0.2, 0) is 6.54 Å². The molecule has 0 aliphatic heterocycles. The molecule has 3 heterocycles. The van der Waals surface area contributed by atoms with Crippen LogP contribution in [0.2, 0.25) is 0 Å². The molecule has 1 aliphatic carbocycles. The van der Waals surface area contributed by atoms with Crippen LogP contribution in [0.3, 0.4) is 0 Å². The average molecular weight is 271 g/mol. The van der Waals surface area contributed by atoms with Gasteiger partial charge in [0.1, 0.15) is 22.7 Å². The van der Waals surface area contributed by atoms with E-state index in [4.69, 9.17) is 4.42 Å². The van der Waals surface area contributed by atoms with Crippen molar-refractivity contribution in [2.45, 2.75) is 25.4 Å². The predicted molar refractivity (Wildman–Crippen MR) is 75.3 cm³/mol. The van der Waals surface area contributed by atoms with Crippen molar-refractivity contribution < 1.29 is 4.42 Å². The molecule has 4 nitrogen and oxygen atoms in total. The highest BCUT2D eigenvalue weighted by Gasteiger charge is 2.31. The fourth-order valence-corrected chi connectivity index (χ4v) is 3.07. The van der Waals surface area contributed by atoms with E-state index in [1.54, 1.807) is 23.9 Å². The van der Waals surface area contributed by atoms with E-state index in [9.17, 15) is 0 Å². The molecule has 4 rings (SSSR count). The van der Waals surface area contributed by atoms with Gasteiger partial charge in [0.2, 0.25) is 0 Å². The highest BCUT2D eigenvalue weighted by Crippen LogP contribution is 2.36. The van der Waals surface area contributed by atoms with Gasteiger partial charge >= 0.3 is 0 Å². The maximum Gasteiger partial charge on any atom is 0.141 e. The standard InChI is InChI=1S/C14H13N3OS/c1-2-11(18-6-1)8-17(10-3-4-10)13-12-5-7-19-14(12)16-9-15-13/h1-2,5-7,9-10H,3-4,8H2. The second-order valence-electron chi connectivity index (χ2n) is 4.78. The van der Waals surface area contributed by atoms with E-state index in [2.05, 4.69) is 26.3 Å². The first-order valence-electron chi connectivity index (χ1n) is 6.39. The van der Waals surface area contributed by atoms with Crippen LogP contribution >= 0.6 is 11.3 Å². The minimum absolute atomic E-state index is 0.586. The molecule has 0 unspecified atom stereocenters. The van der Waals surface area contributed by atoms with Crippen molar-refractivity contribution >= 4 is 27.4 Å². The molecule has 0 atom stereocenters. The van der Waals surface area contributed by atoms with Crippen molar-refractivity contribution in [2.75, 3.05) is 4.90 Å². The normalized spacial score (nSPS) is 14.9. The lowest BCUT2D eigenvalue weighted by Crippen LogP contribution is -2.25. The van der Waals surface area contributed by atoms with E-state index in [1.165, 1.54) is 12.8 Å². The monoisotopic (exact) mass is 271 g/mol. The molecule has 0 spiro atoms. The molecule has 0 N–H and O–H groups in total. The fraction of sp³-hybridized carbons (Fsp3) is 0.286. The first-order chi connectivity index (χ1) is 9.42. The molecule has 0 bridgehead atoms. The SMILES string of the molecule is c1coc(CN(c2ncnc3sccc23)C2CC2)c1. The van der Waals surface area contributed by atoms with Gasteiger partial charge in [-0.2, -0.15) is 0 Å². The van der Waals surface area contributed by atoms with Crippen LogP contribution < -0.4 is 4.90 Å². The average Bonchev–Trinajstić information content (AvgIpc) is 2.95. The van der Waals surface area contributed by atoms with Gasteiger partial charge in [0.05, 0.1) is 18.2 Å². The molecule has 0 radical (unpaired) electrons. The van der Waals surface area contributed by atoms with E-state index in [0.29, 0.717) is 6.04 Å². The summed E-state index contributed by atoms with van der Waals surface area (Å²) >= 11 is 1.66. The molecule has 3 aromatic heterocycles. The van der Waals surface area contributed by atoms with E-state index in [0.717, 1.165) is 28.3 Å². The summed E-state index contributed by atoms with van der Waals surface area (Å²) in [5, 5.41) is 3.21. The van der Waals surface area contributed by atoms with E-state index >= 15 is 0 Å². The molecule has 96 valence electrons. The molecule has 1 saturated carbocycles. The van der Waals surface area contributed by atoms with Crippen molar-refractivity contribution in [3.63, 3.8) is 0 Å².